The maximum atomic E-state index is 12.2. The van der Waals surface area contributed by atoms with Crippen LogP contribution in [0, 0.1) is 0 Å². The molecule has 0 saturated heterocycles. The monoisotopic (exact) mass is 284 g/mol. The number of ether oxygens (including phenoxy) is 1. The first-order valence-corrected chi connectivity index (χ1v) is 6.31. The molecule has 0 aliphatic carbocycles. The minimum Gasteiger partial charge on any atom is -0.377 e. The van der Waals surface area contributed by atoms with Crippen LogP contribution in [0.5, 0.6) is 0 Å². The number of nitrogens with zero attached hydrogens (tertiary/aromatic N) is 3. The van der Waals surface area contributed by atoms with Crippen molar-refractivity contribution in [1.82, 2.24) is 14.9 Å². The van der Waals surface area contributed by atoms with Crippen molar-refractivity contribution in [3.05, 3.63) is 29.4 Å². The molecule has 3 heterocycles. The maximum absolute atomic E-state index is 12.2. The minimum absolute atomic E-state index is 0.408. The molecular formula is C12H14F2N4O2. The smallest absolute Gasteiger partial charge is 0.257 e. The van der Waals surface area contributed by atoms with Gasteiger partial charge in [-0.3, -0.25) is 4.68 Å². The highest BCUT2D eigenvalue weighted by Crippen LogP contribution is 2.21. The van der Waals surface area contributed by atoms with Crippen LogP contribution >= 0.6 is 0 Å². The van der Waals surface area contributed by atoms with Crippen molar-refractivity contribution in [2.24, 2.45) is 0 Å². The normalized spacial score (nSPS) is 14.6. The van der Waals surface area contributed by atoms with E-state index in [1.807, 2.05) is 0 Å². The lowest BCUT2D eigenvalue weighted by molar-refractivity contribution is 0.102. The largest absolute Gasteiger partial charge is 0.377 e. The second-order valence-electron chi connectivity index (χ2n) is 4.53. The van der Waals surface area contributed by atoms with Gasteiger partial charge >= 0.3 is 0 Å². The summed E-state index contributed by atoms with van der Waals surface area (Å²) in [5.74, 6) is 0.862. The summed E-state index contributed by atoms with van der Waals surface area (Å²) < 4.78 is 36.2. The van der Waals surface area contributed by atoms with E-state index in [9.17, 15) is 8.78 Å². The van der Waals surface area contributed by atoms with Gasteiger partial charge in [0, 0.05) is 18.2 Å². The van der Waals surface area contributed by atoms with E-state index >= 15 is 0 Å². The molecule has 1 aliphatic rings. The van der Waals surface area contributed by atoms with Crippen LogP contribution in [0.25, 0.3) is 0 Å². The number of rotatable bonds is 5. The summed E-state index contributed by atoms with van der Waals surface area (Å²) in [6.45, 7) is 1.19. The van der Waals surface area contributed by atoms with Gasteiger partial charge in [0.2, 0.25) is 0 Å². The number of anilines is 1. The van der Waals surface area contributed by atoms with E-state index in [1.165, 1.54) is 17.1 Å². The van der Waals surface area contributed by atoms with E-state index in [0.29, 0.717) is 25.4 Å². The summed E-state index contributed by atoms with van der Waals surface area (Å²) >= 11 is 0. The van der Waals surface area contributed by atoms with Crippen LogP contribution in [-0.2, 0) is 30.9 Å². The zero-order valence-corrected chi connectivity index (χ0v) is 10.7. The highest BCUT2D eigenvalue weighted by Gasteiger charge is 2.19. The van der Waals surface area contributed by atoms with Crippen LogP contribution in [0.15, 0.2) is 16.9 Å². The first-order valence-electron chi connectivity index (χ1n) is 6.31. The summed E-state index contributed by atoms with van der Waals surface area (Å²) in [6, 6.07) is 0. The maximum Gasteiger partial charge on any atom is 0.257 e. The Balaban J connectivity index is 1.62. The zero-order chi connectivity index (χ0) is 13.9. The first kappa shape index (κ1) is 13.0. The number of alkyl halides is 2. The van der Waals surface area contributed by atoms with Crippen molar-refractivity contribution in [3.8, 4) is 0 Å². The van der Waals surface area contributed by atoms with Crippen LogP contribution in [0.3, 0.4) is 0 Å². The van der Waals surface area contributed by atoms with Crippen LogP contribution < -0.4 is 5.32 Å². The number of aromatic nitrogens is 3. The molecule has 0 atom stereocenters. The zero-order valence-electron chi connectivity index (χ0n) is 10.7. The third-order valence-electron chi connectivity index (χ3n) is 3.09. The lowest BCUT2D eigenvalue weighted by Crippen LogP contribution is -2.10. The molecule has 0 unspecified atom stereocenters. The Morgan fingerprint density at radius 3 is 3.20 bits per heavy atom. The summed E-state index contributed by atoms with van der Waals surface area (Å²) in [4.78, 5) is 0. The Morgan fingerprint density at radius 2 is 2.35 bits per heavy atom. The van der Waals surface area contributed by atoms with Crippen molar-refractivity contribution in [2.75, 3.05) is 11.9 Å². The van der Waals surface area contributed by atoms with Gasteiger partial charge in [0.1, 0.15) is 18.0 Å². The number of hydrogen-bond acceptors (Lipinski definition) is 5. The Kier molecular flexibility index (Phi) is 3.64. The molecule has 2 aromatic rings. The molecule has 1 aliphatic heterocycles. The van der Waals surface area contributed by atoms with Gasteiger partial charge in [-0.1, -0.05) is 5.16 Å². The van der Waals surface area contributed by atoms with Crippen LogP contribution in [0.2, 0.25) is 0 Å². The quantitative estimate of drug-likeness (QED) is 0.907. The minimum atomic E-state index is -2.41. The van der Waals surface area contributed by atoms with Crippen molar-refractivity contribution in [1.29, 1.82) is 0 Å². The molecule has 0 saturated carbocycles. The lowest BCUT2D eigenvalue weighted by atomic mass is 10.1. The third-order valence-corrected chi connectivity index (χ3v) is 3.09. The molecule has 6 nitrogen and oxygen atoms in total. The summed E-state index contributed by atoms with van der Waals surface area (Å²) in [5, 5.41) is 10.9. The van der Waals surface area contributed by atoms with Gasteiger partial charge in [-0.25, -0.2) is 8.78 Å². The SMILES string of the molecule is FC(F)Cn1cc(NCc2noc3c2COCC3)cn1. The molecule has 0 spiro atoms. The van der Waals surface area contributed by atoms with Crippen molar-refractivity contribution >= 4 is 5.69 Å². The van der Waals surface area contributed by atoms with Crippen LogP contribution in [-0.4, -0.2) is 28.0 Å². The molecule has 8 heteroatoms. The molecule has 3 rings (SSSR count). The van der Waals surface area contributed by atoms with Crippen LogP contribution in [0.4, 0.5) is 14.5 Å². The average Bonchev–Trinajstić information content (AvgIpc) is 3.02. The standard InChI is InChI=1S/C12H14F2N4O2/c13-12(14)6-18-5-8(3-16-18)15-4-10-9-7-19-2-1-11(9)20-17-10/h3,5,12,15H,1-2,4,6-7H2. The number of hydrogen-bond donors (Lipinski definition) is 1. The highest BCUT2D eigenvalue weighted by molar-refractivity contribution is 5.39. The van der Waals surface area contributed by atoms with Gasteiger partial charge < -0.3 is 14.6 Å². The molecule has 0 fully saturated rings. The van der Waals surface area contributed by atoms with Crippen molar-refractivity contribution in [3.63, 3.8) is 0 Å². The molecule has 0 radical (unpaired) electrons. The molecule has 20 heavy (non-hydrogen) atoms. The van der Waals surface area contributed by atoms with Gasteiger partial charge in [0.15, 0.2) is 0 Å². The Morgan fingerprint density at radius 1 is 1.45 bits per heavy atom. The van der Waals surface area contributed by atoms with E-state index in [1.54, 1.807) is 0 Å². The molecular weight excluding hydrogens is 270 g/mol. The van der Waals surface area contributed by atoms with Gasteiger partial charge in [0.05, 0.1) is 31.6 Å². The molecule has 108 valence electrons. The van der Waals surface area contributed by atoms with Gasteiger partial charge in [-0.05, 0) is 0 Å². The predicted octanol–water partition coefficient (Wildman–Crippen LogP) is 1.82. The first-order chi connectivity index (χ1) is 9.72. The molecule has 0 aromatic carbocycles. The number of fused-ring (bicyclic) bond motifs is 1. The predicted molar refractivity (Wildman–Crippen MR) is 65.4 cm³/mol. The molecule has 2 aromatic heterocycles. The Hall–Kier alpha value is -1.96. The fourth-order valence-corrected chi connectivity index (χ4v) is 2.10. The second kappa shape index (κ2) is 5.58. The Labute approximate surface area is 113 Å². The van der Waals surface area contributed by atoms with E-state index < -0.39 is 13.0 Å². The molecule has 0 amide bonds. The fourth-order valence-electron chi connectivity index (χ4n) is 2.10. The number of halogens is 2. The topological polar surface area (TPSA) is 65.1 Å². The van der Waals surface area contributed by atoms with Crippen LogP contribution in [0.1, 0.15) is 17.0 Å². The van der Waals surface area contributed by atoms with Crippen molar-refractivity contribution in [2.45, 2.75) is 32.5 Å². The van der Waals surface area contributed by atoms with Gasteiger partial charge in [-0.15, -0.1) is 0 Å². The Bertz CT molecular complexity index is 582. The molecule has 0 bridgehead atoms. The van der Waals surface area contributed by atoms with E-state index in [4.69, 9.17) is 9.26 Å². The van der Waals surface area contributed by atoms with E-state index in [-0.39, 0.29) is 0 Å². The fraction of sp³-hybridized carbons (Fsp3) is 0.500. The van der Waals surface area contributed by atoms with Crippen molar-refractivity contribution < 1.29 is 18.0 Å². The summed E-state index contributed by atoms with van der Waals surface area (Å²) in [5.41, 5.74) is 2.42. The second-order valence-corrected chi connectivity index (χ2v) is 4.53. The van der Waals surface area contributed by atoms with E-state index in [0.717, 1.165) is 23.4 Å². The van der Waals surface area contributed by atoms with Gasteiger partial charge in [0.25, 0.3) is 6.43 Å². The third kappa shape index (κ3) is 2.79. The highest BCUT2D eigenvalue weighted by atomic mass is 19.3. The summed E-state index contributed by atoms with van der Waals surface area (Å²) in [7, 11) is 0. The van der Waals surface area contributed by atoms with Gasteiger partial charge in [-0.2, -0.15) is 5.10 Å². The number of nitrogens with one attached hydrogen (secondary N) is 1. The summed E-state index contributed by atoms with van der Waals surface area (Å²) in [6.07, 6.45) is 1.36. The average molecular weight is 284 g/mol. The molecule has 1 N–H and O–H groups in total. The lowest BCUT2D eigenvalue weighted by Gasteiger charge is -2.10. The van der Waals surface area contributed by atoms with E-state index in [2.05, 4.69) is 15.6 Å².